The average molecular weight is 505 g/mol. The summed E-state index contributed by atoms with van der Waals surface area (Å²) in [6, 6.07) is 13.7. The molecule has 14 heteroatoms. The first-order valence-corrected chi connectivity index (χ1v) is 12.0. The van der Waals surface area contributed by atoms with Gasteiger partial charge in [-0.25, -0.2) is 26.4 Å². The molecule has 12 nitrogen and oxygen atoms in total. The summed E-state index contributed by atoms with van der Waals surface area (Å²) < 4.78 is 58.8. The van der Waals surface area contributed by atoms with E-state index in [2.05, 4.69) is 30.9 Å². The summed E-state index contributed by atoms with van der Waals surface area (Å²) in [6.45, 7) is -1.27. The highest BCUT2D eigenvalue weighted by atomic mass is 32.2. The lowest BCUT2D eigenvalue weighted by molar-refractivity contribution is -0.149. The van der Waals surface area contributed by atoms with E-state index in [-0.39, 0.29) is 9.79 Å². The molecule has 0 heterocycles. The number of sulfone groups is 2. The third-order valence-electron chi connectivity index (χ3n) is 3.84. The van der Waals surface area contributed by atoms with Gasteiger partial charge >= 0.3 is 22.0 Å². The fourth-order valence-corrected chi connectivity index (χ4v) is 4.56. The molecule has 0 saturated heterocycles. The molecule has 0 bridgehead atoms. The van der Waals surface area contributed by atoms with Crippen molar-refractivity contribution in [2.75, 3.05) is 13.2 Å². The number of hydrogen-bond acceptors (Lipinski definition) is 10. The third-order valence-corrected chi connectivity index (χ3v) is 7.16. The van der Waals surface area contributed by atoms with Crippen molar-refractivity contribution in [1.82, 2.24) is 0 Å². The molecule has 2 aromatic carbocycles. The zero-order chi connectivity index (χ0) is 25.2. The summed E-state index contributed by atoms with van der Waals surface area (Å²) >= 11 is 0. The number of benzene rings is 2. The Labute approximate surface area is 193 Å². The van der Waals surface area contributed by atoms with E-state index in [4.69, 9.17) is 11.1 Å². The van der Waals surface area contributed by atoms with Gasteiger partial charge in [0.15, 0.2) is 13.2 Å². The fourth-order valence-electron chi connectivity index (χ4n) is 2.28. The molecule has 0 saturated carbocycles. The monoisotopic (exact) mass is 504 g/mol. The van der Waals surface area contributed by atoms with Crippen LogP contribution in [-0.2, 0) is 38.7 Å². The molecule has 0 radical (unpaired) electrons. The van der Waals surface area contributed by atoms with Crippen LogP contribution in [0.3, 0.4) is 0 Å². The molecular formula is C20H16N4O8S2+2. The lowest BCUT2D eigenvalue weighted by atomic mass is 10.4. The highest BCUT2D eigenvalue weighted by molar-refractivity contribution is 8.08. The van der Waals surface area contributed by atoms with Crippen LogP contribution in [0.5, 0.6) is 0 Å². The van der Waals surface area contributed by atoms with Gasteiger partial charge < -0.3 is 9.47 Å². The molecule has 2 N–H and O–H groups in total. The van der Waals surface area contributed by atoms with E-state index in [0.29, 0.717) is 0 Å². The van der Waals surface area contributed by atoms with Gasteiger partial charge in [-0.2, -0.15) is 0 Å². The highest BCUT2D eigenvalue weighted by Gasteiger charge is 2.42. The highest BCUT2D eigenvalue weighted by Crippen LogP contribution is 2.12. The van der Waals surface area contributed by atoms with E-state index in [9.17, 15) is 26.4 Å². The zero-order valence-corrected chi connectivity index (χ0v) is 18.8. The van der Waals surface area contributed by atoms with E-state index in [1.807, 2.05) is 0 Å². The minimum absolute atomic E-state index is 0.256. The summed E-state index contributed by atoms with van der Waals surface area (Å²) in [5.74, 6) is 1.68. The first-order chi connectivity index (χ1) is 16.2. The molecule has 0 aliphatic rings. The first kappa shape index (κ1) is 25.9. The largest absolute Gasteiger partial charge is 0.542 e. The SMILES string of the molecule is N=[N+]=C(C(=O)OCC#CCOC(=O)C(=[N+]=N)S(=O)(=O)c1ccccc1)S(=O)(=O)c1ccccc1. The smallest absolute Gasteiger partial charge is 0.443 e. The molecule has 174 valence electrons. The van der Waals surface area contributed by atoms with Crippen molar-refractivity contribution >= 4 is 41.7 Å². The van der Waals surface area contributed by atoms with E-state index in [1.54, 1.807) is 12.1 Å². The molecule has 0 fully saturated rings. The van der Waals surface area contributed by atoms with E-state index in [0.717, 1.165) is 0 Å². The molecule has 2 rings (SSSR count). The van der Waals surface area contributed by atoms with Crippen LogP contribution in [-0.4, -0.2) is 61.7 Å². The van der Waals surface area contributed by atoms with Gasteiger partial charge in [0.2, 0.25) is 0 Å². The molecular weight excluding hydrogens is 488 g/mol. The lowest BCUT2D eigenvalue weighted by Crippen LogP contribution is -2.28. The summed E-state index contributed by atoms with van der Waals surface area (Å²) in [4.78, 5) is 29.0. The van der Waals surface area contributed by atoms with Crippen LogP contribution in [0.4, 0.5) is 0 Å². The zero-order valence-electron chi connectivity index (χ0n) is 17.2. The molecule has 0 amide bonds. The van der Waals surface area contributed by atoms with Crippen molar-refractivity contribution in [3.63, 3.8) is 0 Å². The van der Waals surface area contributed by atoms with Gasteiger partial charge in [0.1, 0.15) is 0 Å². The normalized spacial score (nSPS) is 10.5. The minimum atomic E-state index is -4.38. The van der Waals surface area contributed by atoms with Gasteiger partial charge in [0.05, 0.1) is 30.4 Å². The van der Waals surface area contributed by atoms with Gasteiger partial charge in [-0.1, -0.05) is 48.2 Å². The predicted octanol–water partition coefficient (Wildman–Crippen LogP) is 0.299. The molecule has 0 unspecified atom stereocenters. The molecule has 0 atom stereocenters. The summed E-state index contributed by atoms with van der Waals surface area (Å²) in [7, 11) is -8.75. The number of nitrogens with one attached hydrogen (secondary N) is 2. The molecule has 0 aliphatic carbocycles. The van der Waals surface area contributed by atoms with Crippen LogP contribution in [0.15, 0.2) is 70.5 Å². The predicted molar refractivity (Wildman–Crippen MR) is 113 cm³/mol. The van der Waals surface area contributed by atoms with Crippen LogP contribution < -0.4 is 0 Å². The summed E-state index contributed by atoms with van der Waals surface area (Å²) in [6.07, 6.45) is 0. The second kappa shape index (κ2) is 11.5. The van der Waals surface area contributed by atoms with Gasteiger partial charge in [0.25, 0.3) is 19.7 Å². The van der Waals surface area contributed by atoms with Crippen LogP contribution in [0.1, 0.15) is 0 Å². The minimum Gasteiger partial charge on any atom is -0.443 e. The standard InChI is InChI=1S/C20H16N4O8S2/c21-23-17(33(27,28)15-9-3-1-4-10-15)19(25)31-13-7-8-14-32-20(26)18(24-22)34(29,30)16-11-5-2-6-12-16/h1-6,9-12,21-22H,13-14H2/q+2. The second-order valence-electron chi connectivity index (χ2n) is 5.97. The Hall–Kier alpha value is -4.40. The van der Waals surface area contributed by atoms with Gasteiger partial charge in [-0.15, -0.1) is 0 Å². The Morgan fingerprint density at radius 3 is 1.29 bits per heavy atom. The fraction of sp³-hybridized carbons (Fsp3) is 0.100. The molecule has 0 aliphatic heterocycles. The number of ether oxygens (including phenoxy) is 2. The second-order valence-corrected chi connectivity index (χ2v) is 9.70. The number of rotatable bonds is 4. The van der Waals surface area contributed by atoms with Crippen LogP contribution in [0.2, 0.25) is 0 Å². The van der Waals surface area contributed by atoms with Crippen molar-refractivity contribution in [2.24, 2.45) is 0 Å². The summed E-state index contributed by atoms with van der Waals surface area (Å²) in [5, 5.41) is -2.29. The van der Waals surface area contributed by atoms with Crippen molar-refractivity contribution in [2.45, 2.75) is 9.79 Å². The lowest BCUT2D eigenvalue weighted by Gasteiger charge is -1.99. The Balaban J connectivity index is 1.95. The van der Waals surface area contributed by atoms with Crippen LogP contribution >= 0.6 is 0 Å². The van der Waals surface area contributed by atoms with Gasteiger partial charge in [-0.05, 0) is 24.3 Å². The third kappa shape index (κ3) is 6.10. The number of carbonyl (C=O) groups excluding carboxylic acids is 2. The molecule has 34 heavy (non-hydrogen) atoms. The number of esters is 2. The van der Waals surface area contributed by atoms with Crippen LogP contribution in [0.25, 0.3) is 0 Å². The van der Waals surface area contributed by atoms with E-state index < -0.39 is 54.9 Å². The number of hydrogen-bond donors (Lipinski definition) is 2. The van der Waals surface area contributed by atoms with E-state index in [1.165, 1.54) is 48.5 Å². The Morgan fingerprint density at radius 1 is 0.676 bits per heavy atom. The topological polar surface area (TPSA) is 197 Å². The molecule has 0 spiro atoms. The Morgan fingerprint density at radius 2 is 1.00 bits per heavy atom. The molecule has 0 aromatic heterocycles. The van der Waals surface area contributed by atoms with Crippen molar-refractivity contribution < 1.29 is 45.5 Å². The first-order valence-electron chi connectivity index (χ1n) is 9.05. The Kier molecular flexibility index (Phi) is 8.72. The average Bonchev–Trinajstić information content (AvgIpc) is 2.83. The van der Waals surface area contributed by atoms with Crippen LogP contribution in [0, 0.1) is 22.9 Å². The number of carbonyl (C=O) groups is 2. The molecule has 2 aromatic rings. The van der Waals surface area contributed by atoms with E-state index >= 15 is 0 Å². The van der Waals surface area contributed by atoms with Crippen molar-refractivity contribution in [3.8, 4) is 11.8 Å². The van der Waals surface area contributed by atoms with Crippen molar-refractivity contribution in [3.05, 3.63) is 60.7 Å². The maximum atomic E-state index is 12.4. The Bertz CT molecular complexity index is 1350. The quantitative estimate of drug-likeness (QED) is 0.148. The van der Waals surface area contributed by atoms with Gasteiger partial charge in [-0.3, -0.25) is 0 Å². The maximum absolute atomic E-state index is 12.4. The maximum Gasteiger partial charge on any atom is 0.542 e. The van der Waals surface area contributed by atoms with Gasteiger partial charge in [0, 0.05) is 0 Å². The number of nitrogens with zero attached hydrogens (tertiary/aromatic N) is 2. The summed E-state index contributed by atoms with van der Waals surface area (Å²) in [5.41, 5.74) is 14.0. The van der Waals surface area contributed by atoms with Crippen molar-refractivity contribution in [1.29, 1.82) is 11.1 Å².